The van der Waals surface area contributed by atoms with Crippen molar-refractivity contribution in [3.05, 3.63) is 45.3 Å². The summed E-state index contributed by atoms with van der Waals surface area (Å²) >= 11 is 7.52. The van der Waals surface area contributed by atoms with Crippen LogP contribution in [0.25, 0.3) is 10.4 Å². The van der Waals surface area contributed by atoms with Gasteiger partial charge in [0.1, 0.15) is 36.4 Å². The fourth-order valence-corrected chi connectivity index (χ4v) is 4.62. The van der Waals surface area contributed by atoms with E-state index in [9.17, 15) is 14.4 Å². The van der Waals surface area contributed by atoms with Gasteiger partial charge in [-0.25, -0.2) is 0 Å². The molecular formula is C20H24ClN3O7S. The first kappa shape index (κ1) is 25.8. The fourth-order valence-electron chi connectivity index (χ4n) is 3.19. The number of ether oxygens (including phenoxy) is 4. The number of benzene rings is 1. The van der Waals surface area contributed by atoms with E-state index < -0.39 is 47.7 Å². The number of aryl methyl sites for hydroxylation is 1. The van der Waals surface area contributed by atoms with Gasteiger partial charge in [0.05, 0.1) is 0 Å². The zero-order valence-electron chi connectivity index (χ0n) is 17.8. The molecule has 0 saturated carbocycles. The molecular weight excluding hydrogens is 462 g/mol. The summed E-state index contributed by atoms with van der Waals surface area (Å²) < 4.78 is 21.8. The summed E-state index contributed by atoms with van der Waals surface area (Å²) in [5.41, 5.74) is 9.26. The highest BCUT2D eigenvalue weighted by molar-refractivity contribution is 7.99. The first-order chi connectivity index (χ1) is 15.2. The summed E-state index contributed by atoms with van der Waals surface area (Å²) in [5.74, 6) is -1.29. The van der Waals surface area contributed by atoms with Gasteiger partial charge in [0.15, 0.2) is 0 Å². The Balaban J connectivity index is 2.27. The minimum atomic E-state index is -1.12. The predicted molar refractivity (Wildman–Crippen MR) is 117 cm³/mol. The highest BCUT2D eigenvalue weighted by atomic mass is 35.5. The number of hydrogen-bond acceptors (Lipinski definition) is 9. The first-order valence-electron chi connectivity index (χ1n) is 9.75. The van der Waals surface area contributed by atoms with Crippen molar-refractivity contribution in [1.29, 1.82) is 0 Å². The molecule has 32 heavy (non-hydrogen) atoms. The number of rotatable bonds is 9. The molecule has 12 heteroatoms. The van der Waals surface area contributed by atoms with Gasteiger partial charge in [-0.1, -0.05) is 34.9 Å². The summed E-state index contributed by atoms with van der Waals surface area (Å²) in [6.45, 7) is 3.39. The Hall–Kier alpha value is -2.46. The summed E-state index contributed by atoms with van der Waals surface area (Å²) in [7, 11) is 0. The second-order valence-electron chi connectivity index (χ2n) is 6.90. The average Bonchev–Trinajstić information content (AvgIpc) is 2.71. The first-order valence-corrected chi connectivity index (χ1v) is 11.2. The van der Waals surface area contributed by atoms with Crippen molar-refractivity contribution in [3.8, 4) is 0 Å². The van der Waals surface area contributed by atoms with Crippen molar-refractivity contribution in [2.75, 3.05) is 12.4 Å². The molecule has 0 radical (unpaired) electrons. The van der Waals surface area contributed by atoms with Crippen molar-refractivity contribution >= 4 is 41.3 Å². The maximum absolute atomic E-state index is 11.8. The Morgan fingerprint density at radius 2 is 1.78 bits per heavy atom. The zero-order chi connectivity index (χ0) is 23.7. The molecule has 2 unspecified atom stereocenters. The standard InChI is InChI=1S/C20H24ClN3O7S/c1-11(25)28-10-16-18(29-12(2)26)17(23-24-22)19(30-13(3)27)20(31-16)32-9-8-14-6-4-5-7-15(14)21/h4-7,16-20H,8-10H2,1-3H3/t16?,17?,18-,19-,20+/m0/s1. The summed E-state index contributed by atoms with van der Waals surface area (Å²) in [6, 6.07) is 6.31. The predicted octanol–water partition coefficient (Wildman–Crippen LogP) is 3.45. The van der Waals surface area contributed by atoms with Gasteiger partial charge in [-0.05, 0) is 23.6 Å². The molecule has 1 aliphatic rings. The van der Waals surface area contributed by atoms with Crippen molar-refractivity contribution in [1.82, 2.24) is 0 Å². The molecule has 1 aliphatic heterocycles. The number of nitrogens with zero attached hydrogens (tertiary/aromatic N) is 3. The van der Waals surface area contributed by atoms with Crippen molar-refractivity contribution < 1.29 is 33.3 Å². The molecule has 1 fully saturated rings. The number of carbonyl (C=O) groups excluding carboxylic acids is 3. The largest absolute Gasteiger partial charge is 0.463 e. The Morgan fingerprint density at radius 1 is 1.12 bits per heavy atom. The van der Waals surface area contributed by atoms with Crippen LogP contribution in [0, 0.1) is 0 Å². The third-order valence-electron chi connectivity index (χ3n) is 4.47. The molecule has 1 heterocycles. The van der Waals surface area contributed by atoms with E-state index in [-0.39, 0.29) is 6.61 Å². The van der Waals surface area contributed by atoms with Crippen LogP contribution in [-0.2, 0) is 39.8 Å². The van der Waals surface area contributed by atoms with Gasteiger partial charge in [-0.2, -0.15) is 0 Å². The van der Waals surface area contributed by atoms with Crippen LogP contribution >= 0.6 is 23.4 Å². The molecule has 0 aliphatic carbocycles. The van der Waals surface area contributed by atoms with Gasteiger partial charge >= 0.3 is 17.9 Å². The van der Waals surface area contributed by atoms with Crippen molar-refractivity contribution in [2.45, 2.75) is 57.0 Å². The van der Waals surface area contributed by atoms with E-state index in [0.29, 0.717) is 17.2 Å². The van der Waals surface area contributed by atoms with E-state index in [1.807, 2.05) is 18.2 Å². The number of thioether (sulfide) groups is 1. The summed E-state index contributed by atoms with van der Waals surface area (Å²) in [5, 5.41) is 4.36. The molecule has 1 saturated heterocycles. The number of azide groups is 1. The SMILES string of the molecule is CC(=O)OCC1O[C@H](SCCc2ccccc2Cl)[C@@H](OC(C)=O)C(N=[N+]=[N-])[C@H]1OC(C)=O. The number of hydrogen-bond donors (Lipinski definition) is 0. The quantitative estimate of drug-likeness (QED) is 0.170. The zero-order valence-corrected chi connectivity index (χ0v) is 19.4. The highest BCUT2D eigenvalue weighted by Gasteiger charge is 2.49. The van der Waals surface area contributed by atoms with Gasteiger partial charge in [0.2, 0.25) is 0 Å². The van der Waals surface area contributed by atoms with Crippen LogP contribution in [0.4, 0.5) is 0 Å². The lowest BCUT2D eigenvalue weighted by Crippen LogP contribution is -2.59. The molecule has 0 spiro atoms. The van der Waals surface area contributed by atoms with E-state index in [4.69, 9.17) is 36.1 Å². The maximum Gasteiger partial charge on any atom is 0.303 e. The molecule has 5 atom stereocenters. The van der Waals surface area contributed by atoms with Gasteiger partial charge in [0, 0.05) is 36.5 Å². The lowest BCUT2D eigenvalue weighted by molar-refractivity contribution is -0.201. The molecule has 0 aromatic heterocycles. The Bertz CT molecular complexity index is 881. The van der Waals surface area contributed by atoms with Gasteiger partial charge in [0.25, 0.3) is 0 Å². The number of halogens is 1. The van der Waals surface area contributed by atoms with Crippen LogP contribution in [0.2, 0.25) is 5.02 Å². The van der Waals surface area contributed by atoms with E-state index >= 15 is 0 Å². The molecule has 0 N–H and O–H groups in total. The van der Waals surface area contributed by atoms with Crippen LogP contribution in [0.5, 0.6) is 0 Å². The second-order valence-corrected chi connectivity index (χ2v) is 8.51. The van der Waals surface area contributed by atoms with Gasteiger partial charge < -0.3 is 18.9 Å². The molecule has 1 aromatic carbocycles. The van der Waals surface area contributed by atoms with Gasteiger partial charge in [-0.15, -0.1) is 11.8 Å². The third kappa shape index (κ3) is 7.59. The van der Waals surface area contributed by atoms with E-state index in [1.54, 1.807) is 6.07 Å². The topological polar surface area (TPSA) is 137 Å². The number of carbonyl (C=O) groups is 3. The third-order valence-corrected chi connectivity index (χ3v) is 5.98. The highest BCUT2D eigenvalue weighted by Crippen LogP contribution is 2.35. The van der Waals surface area contributed by atoms with Crippen LogP contribution in [0.1, 0.15) is 26.3 Å². The lowest BCUT2D eigenvalue weighted by Gasteiger charge is -2.43. The van der Waals surface area contributed by atoms with Crippen LogP contribution < -0.4 is 0 Å². The van der Waals surface area contributed by atoms with Gasteiger partial charge in [-0.3, -0.25) is 14.4 Å². The van der Waals surface area contributed by atoms with Crippen LogP contribution in [0.15, 0.2) is 29.4 Å². The molecule has 2 rings (SSSR count). The van der Waals surface area contributed by atoms with Crippen LogP contribution in [-0.4, -0.2) is 60.1 Å². The lowest BCUT2D eigenvalue weighted by atomic mass is 9.97. The van der Waals surface area contributed by atoms with Crippen molar-refractivity contribution in [3.63, 3.8) is 0 Å². The molecule has 1 aromatic rings. The van der Waals surface area contributed by atoms with E-state index in [2.05, 4.69) is 10.0 Å². The minimum Gasteiger partial charge on any atom is -0.463 e. The second kappa shape index (κ2) is 12.5. The molecule has 0 amide bonds. The smallest absolute Gasteiger partial charge is 0.303 e. The summed E-state index contributed by atoms with van der Waals surface area (Å²) in [6.07, 6.45) is -2.47. The Kier molecular flexibility index (Phi) is 10.1. The molecule has 10 nitrogen and oxygen atoms in total. The Labute approximate surface area is 194 Å². The maximum atomic E-state index is 11.8. The van der Waals surface area contributed by atoms with Crippen molar-refractivity contribution in [2.24, 2.45) is 5.11 Å². The molecule has 174 valence electrons. The molecule has 0 bridgehead atoms. The number of esters is 3. The Morgan fingerprint density at radius 3 is 2.38 bits per heavy atom. The minimum absolute atomic E-state index is 0.237. The monoisotopic (exact) mass is 485 g/mol. The fraction of sp³-hybridized carbons (Fsp3) is 0.550. The normalized spacial score (nSPS) is 24.7. The average molecular weight is 486 g/mol. The van der Waals surface area contributed by atoms with E-state index in [0.717, 1.165) is 5.56 Å². The summed E-state index contributed by atoms with van der Waals surface area (Å²) in [4.78, 5) is 37.6. The van der Waals surface area contributed by atoms with Crippen LogP contribution in [0.3, 0.4) is 0 Å². The van der Waals surface area contributed by atoms with E-state index in [1.165, 1.54) is 32.5 Å².